The minimum absolute atomic E-state index is 0.989. The molecule has 1 N–H and O–H groups in total. The highest BCUT2D eigenvalue weighted by Crippen LogP contribution is 2.25. The Kier molecular flexibility index (Phi) is 3.95. The van der Waals surface area contributed by atoms with E-state index in [1.165, 1.54) is 21.9 Å². The molecular weight excluding hydrogens is 292 g/mol. The smallest absolute Gasteiger partial charge is 0.0568 e. The van der Waals surface area contributed by atoms with Crippen LogP contribution in [0.15, 0.2) is 90.1 Å². The van der Waals surface area contributed by atoms with Crippen LogP contribution in [0.5, 0.6) is 0 Å². The molecule has 0 fully saturated rings. The van der Waals surface area contributed by atoms with Crippen LogP contribution < -0.4 is 5.43 Å². The summed E-state index contributed by atoms with van der Waals surface area (Å²) in [7, 11) is 0. The number of nitrogens with zero attached hydrogens (tertiary/aromatic N) is 1. The first-order chi connectivity index (χ1) is 11.9. The fourth-order valence-electron chi connectivity index (χ4n) is 2.98. The number of hydrazone groups is 1. The van der Waals surface area contributed by atoms with Gasteiger partial charge < -0.3 is 0 Å². The molecule has 0 aliphatic heterocycles. The van der Waals surface area contributed by atoms with Crippen molar-refractivity contribution in [2.24, 2.45) is 5.10 Å². The van der Waals surface area contributed by atoms with E-state index in [1.807, 2.05) is 12.3 Å². The molecule has 0 radical (unpaired) electrons. The van der Waals surface area contributed by atoms with Gasteiger partial charge in [0.1, 0.15) is 0 Å². The third-order valence-electron chi connectivity index (χ3n) is 4.22. The lowest BCUT2D eigenvalue weighted by Crippen LogP contribution is -1.94. The van der Waals surface area contributed by atoms with E-state index in [0.29, 0.717) is 0 Å². The fourth-order valence-corrected chi connectivity index (χ4v) is 2.98. The Labute approximate surface area is 141 Å². The molecule has 3 aromatic carbocycles. The third kappa shape index (κ3) is 2.99. The zero-order valence-corrected chi connectivity index (χ0v) is 13.3. The van der Waals surface area contributed by atoms with Gasteiger partial charge in [-0.15, -0.1) is 0 Å². The van der Waals surface area contributed by atoms with Crippen molar-refractivity contribution in [3.8, 4) is 0 Å². The Morgan fingerprint density at radius 2 is 1.71 bits per heavy atom. The van der Waals surface area contributed by atoms with E-state index >= 15 is 0 Å². The number of nitrogens with one attached hydrogen (secondary N) is 1. The zero-order valence-electron chi connectivity index (χ0n) is 13.3. The molecule has 0 spiro atoms. The van der Waals surface area contributed by atoms with E-state index in [4.69, 9.17) is 0 Å². The van der Waals surface area contributed by atoms with Gasteiger partial charge in [-0.3, -0.25) is 5.43 Å². The van der Waals surface area contributed by atoms with Crippen LogP contribution in [0.1, 0.15) is 17.5 Å². The molecule has 0 amide bonds. The van der Waals surface area contributed by atoms with Crippen molar-refractivity contribution in [2.75, 3.05) is 5.43 Å². The second-order valence-corrected chi connectivity index (χ2v) is 5.84. The molecular formula is C22H18N2. The predicted molar refractivity (Wildman–Crippen MR) is 103 cm³/mol. The van der Waals surface area contributed by atoms with Crippen LogP contribution in [0.2, 0.25) is 0 Å². The van der Waals surface area contributed by atoms with Crippen molar-refractivity contribution in [3.63, 3.8) is 0 Å². The summed E-state index contributed by atoms with van der Waals surface area (Å²) in [4.78, 5) is 0. The second kappa shape index (κ2) is 6.55. The number of rotatable bonds is 4. The molecule has 0 aromatic heterocycles. The molecule has 0 saturated carbocycles. The van der Waals surface area contributed by atoms with Gasteiger partial charge in [-0.1, -0.05) is 72.8 Å². The molecule has 0 saturated heterocycles. The Hall–Kier alpha value is -3.13. The summed E-state index contributed by atoms with van der Waals surface area (Å²) in [5.74, 6) is 0. The van der Waals surface area contributed by atoms with Gasteiger partial charge in [0.15, 0.2) is 0 Å². The summed E-state index contributed by atoms with van der Waals surface area (Å²) in [6.07, 6.45) is 9.34. The summed E-state index contributed by atoms with van der Waals surface area (Å²) < 4.78 is 0. The highest BCUT2D eigenvalue weighted by atomic mass is 15.3. The molecule has 0 heterocycles. The molecule has 116 valence electrons. The molecule has 0 atom stereocenters. The Balaban J connectivity index is 1.55. The van der Waals surface area contributed by atoms with Crippen molar-refractivity contribution < 1.29 is 0 Å². The number of hydrogen-bond donors (Lipinski definition) is 1. The topological polar surface area (TPSA) is 24.4 Å². The maximum Gasteiger partial charge on any atom is 0.0568 e. The Morgan fingerprint density at radius 3 is 2.58 bits per heavy atom. The molecule has 3 aromatic rings. The molecule has 0 bridgehead atoms. The number of benzene rings is 3. The van der Waals surface area contributed by atoms with Gasteiger partial charge in [0.2, 0.25) is 0 Å². The van der Waals surface area contributed by atoms with Crippen molar-refractivity contribution in [1.29, 1.82) is 0 Å². The van der Waals surface area contributed by atoms with Crippen LogP contribution in [-0.2, 0) is 0 Å². The van der Waals surface area contributed by atoms with E-state index in [1.54, 1.807) is 0 Å². The molecule has 1 aliphatic carbocycles. The van der Waals surface area contributed by atoms with Crippen LogP contribution in [0.3, 0.4) is 0 Å². The highest BCUT2D eigenvalue weighted by molar-refractivity contribution is 5.90. The first-order valence-electron chi connectivity index (χ1n) is 8.13. The summed E-state index contributed by atoms with van der Waals surface area (Å²) >= 11 is 0. The van der Waals surface area contributed by atoms with Crippen molar-refractivity contribution in [3.05, 3.63) is 96.1 Å². The lowest BCUT2D eigenvalue weighted by molar-refractivity contribution is 1.35. The molecule has 1 aliphatic rings. The van der Waals surface area contributed by atoms with Crippen LogP contribution in [-0.4, -0.2) is 6.21 Å². The maximum absolute atomic E-state index is 4.43. The largest absolute Gasteiger partial charge is 0.278 e. The summed E-state index contributed by atoms with van der Waals surface area (Å²) in [5, 5.41) is 6.87. The van der Waals surface area contributed by atoms with Crippen LogP contribution in [0.25, 0.3) is 16.3 Å². The normalized spacial score (nSPS) is 13.6. The lowest BCUT2D eigenvalue weighted by atomic mass is 10.00. The van der Waals surface area contributed by atoms with Crippen molar-refractivity contribution >= 4 is 28.2 Å². The van der Waals surface area contributed by atoms with Gasteiger partial charge >= 0.3 is 0 Å². The second-order valence-electron chi connectivity index (χ2n) is 5.84. The first kappa shape index (κ1) is 14.5. The molecule has 4 rings (SSSR count). The highest BCUT2D eigenvalue weighted by Gasteiger charge is 2.06. The zero-order chi connectivity index (χ0) is 16.2. The van der Waals surface area contributed by atoms with Crippen molar-refractivity contribution in [2.45, 2.75) is 6.42 Å². The number of hydrogen-bond acceptors (Lipinski definition) is 2. The molecule has 24 heavy (non-hydrogen) atoms. The average Bonchev–Trinajstić information content (AvgIpc) is 3.16. The average molecular weight is 310 g/mol. The number of allylic oxidation sites excluding steroid dienone is 4. The Bertz CT molecular complexity index is 964. The standard InChI is InChI=1S/C22H18N2/c1-4-10-19-15-21(14-13-17(19)7-1)24-23-16-20-11-5-6-12-22(20)18-8-2-3-9-18/h1-8,10-16,24H,9H2/b23-16+. The van der Waals surface area contributed by atoms with Crippen LogP contribution >= 0.6 is 0 Å². The quantitative estimate of drug-likeness (QED) is 0.490. The summed E-state index contributed by atoms with van der Waals surface area (Å²) in [5.41, 5.74) is 7.83. The number of anilines is 1. The fraction of sp³-hybridized carbons (Fsp3) is 0.0455. The predicted octanol–water partition coefficient (Wildman–Crippen LogP) is 5.63. The minimum Gasteiger partial charge on any atom is -0.278 e. The van der Waals surface area contributed by atoms with E-state index in [2.05, 4.69) is 89.4 Å². The van der Waals surface area contributed by atoms with E-state index in [9.17, 15) is 0 Å². The Morgan fingerprint density at radius 1 is 0.875 bits per heavy atom. The third-order valence-corrected chi connectivity index (χ3v) is 4.22. The van der Waals surface area contributed by atoms with E-state index in [-0.39, 0.29) is 0 Å². The van der Waals surface area contributed by atoms with Gasteiger partial charge in [0.25, 0.3) is 0 Å². The monoisotopic (exact) mass is 310 g/mol. The van der Waals surface area contributed by atoms with Gasteiger partial charge in [-0.2, -0.15) is 5.10 Å². The molecule has 2 heteroatoms. The molecule has 0 unspecified atom stereocenters. The maximum atomic E-state index is 4.43. The minimum atomic E-state index is 0.989. The SMILES string of the molecule is C1=CCC(c2ccccc2/C=N/Nc2ccc3ccccc3c2)=C1. The van der Waals surface area contributed by atoms with Gasteiger partial charge in [-0.05, 0) is 40.5 Å². The van der Waals surface area contributed by atoms with Gasteiger partial charge in [0, 0.05) is 5.56 Å². The van der Waals surface area contributed by atoms with E-state index in [0.717, 1.165) is 17.7 Å². The van der Waals surface area contributed by atoms with E-state index < -0.39 is 0 Å². The lowest BCUT2D eigenvalue weighted by Gasteiger charge is -2.07. The van der Waals surface area contributed by atoms with Crippen LogP contribution in [0.4, 0.5) is 5.69 Å². The molecule has 2 nitrogen and oxygen atoms in total. The van der Waals surface area contributed by atoms with Crippen molar-refractivity contribution in [1.82, 2.24) is 0 Å². The summed E-state index contributed by atoms with van der Waals surface area (Å²) in [6.45, 7) is 0. The van der Waals surface area contributed by atoms with Gasteiger partial charge in [0.05, 0.1) is 11.9 Å². The number of fused-ring (bicyclic) bond motifs is 1. The first-order valence-corrected chi connectivity index (χ1v) is 8.13. The van der Waals surface area contributed by atoms with Gasteiger partial charge in [-0.25, -0.2) is 0 Å². The van der Waals surface area contributed by atoms with Crippen LogP contribution in [0, 0.1) is 0 Å². The summed E-state index contributed by atoms with van der Waals surface area (Å²) in [6, 6.07) is 23.0.